The Balaban J connectivity index is 0. The zero-order valence-corrected chi connectivity index (χ0v) is 34.0. The van der Waals surface area contributed by atoms with Crippen LogP contribution in [-0.2, 0) is 14.4 Å². The largest absolute Gasteiger partial charge is 0.342 e. The van der Waals surface area contributed by atoms with Gasteiger partial charge in [0.2, 0.25) is 5.91 Å². The second kappa shape index (κ2) is 42.8. The molecule has 0 fully saturated rings. The van der Waals surface area contributed by atoms with E-state index in [1.807, 2.05) is 6.79 Å². The van der Waals surface area contributed by atoms with Gasteiger partial charge in [-0.25, -0.2) is 0 Å². The summed E-state index contributed by atoms with van der Waals surface area (Å²) >= 11 is 1.76. The minimum Gasteiger partial charge on any atom is -0.342 e. The fourth-order valence-corrected chi connectivity index (χ4v) is 6.85. The molecule has 0 N–H and O–H groups in total. The summed E-state index contributed by atoms with van der Waals surface area (Å²) in [5, 5.41) is 0. The molecule has 0 aliphatic heterocycles. The van der Waals surface area contributed by atoms with Crippen LogP contribution in [0.1, 0.15) is 187 Å². The molecule has 0 aromatic carbocycles. The maximum absolute atomic E-state index is 13.0. The van der Waals surface area contributed by atoms with Crippen LogP contribution in [-0.4, -0.2) is 73.5 Å². The smallest absolute Gasteiger partial charge is 0.232 e. The van der Waals surface area contributed by atoms with Gasteiger partial charge in [-0.05, 0) is 78.3 Å². The highest BCUT2D eigenvalue weighted by molar-refractivity contribution is 7.99. The highest BCUT2D eigenvalue weighted by atomic mass is 32.2. The first-order chi connectivity index (χ1) is 24.0. The zero-order valence-electron chi connectivity index (χ0n) is 33.2. The number of amides is 1. The van der Waals surface area contributed by atoms with Crippen LogP contribution >= 0.6 is 11.8 Å². The summed E-state index contributed by atoms with van der Waals surface area (Å²) in [4.78, 5) is 37.7. The molecule has 0 saturated heterocycles. The Hall–Kier alpha value is -1.40. The van der Waals surface area contributed by atoms with E-state index in [9.17, 15) is 9.59 Å². The second-order valence-electron chi connectivity index (χ2n) is 14.1. The molecule has 0 aromatic rings. The molecular formula is C43H82N2O3S. The van der Waals surface area contributed by atoms with Gasteiger partial charge in [0.05, 0.1) is 5.75 Å². The molecule has 1 amide bonds. The van der Waals surface area contributed by atoms with E-state index in [-0.39, 0.29) is 0 Å². The topological polar surface area (TPSA) is 57.7 Å². The molecule has 0 unspecified atom stereocenters. The summed E-state index contributed by atoms with van der Waals surface area (Å²) in [5.74, 6) is 2.27. The molecule has 49 heavy (non-hydrogen) atoms. The number of nitrogens with zero attached hydrogens (tertiary/aromatic N) is 2. The Kier molecular flexibility index (Phi) is 43.4. The summed E-state index contributed by atoms with van der Waals surface area (Å²) in [5.41, 5.74) is 0. The molecule has 0 heterocycles. The Bertz CT molecular complexity index is 755. The fourth-order valence-electron chi connectivity index (χ4n) is 5.86. The number of hydrogen-bond acceptors (Lipinski definition) is 5. The molecule has 6 heteroatoms. The molecule has 0 spiro atoms. The number of Topliss-reactive ketones (excluding diaryl/α,β-unsaturated/α-hetero) is 1. The van der Waals surface area contributed by atoms with Crippen LogP contribution in [0.3, 0.4) is 0 Å². The second-order valence-corrected chi connectivity index (χ2v) is 15.2. The molecule has 0 saturated carbocycles. The Morgan fingerprint density at radius 2 is 0.918 bits per heavy atom. The van der Waals surface area contributed by atoms with Gasteiger partial charge in [0.1, 0.15) is 12.6 Å². The molecular weight excluding hydrogens is 625 g/mol. The van der Waals surface area contributed by atoms with Gasteiger partial charge in [-0.2, -0.15) is 11.8 Å². The Labute approximate surface area is 310 Å². The fraction of sp³-hybridized carbons (Fsp3) is 0.837. The first kappa shape index (κ1) is 49.7. The minimum absolute atomic E-state index is 0.297. The first-order valence-corrected chi connectivity index (χ1v) is 21.8. The zero-order chi connectivity index (χ0) is 36.5. The number of hydrogen-bond donors (Lipinski definition) is 0. The van der Waals surface area contributed by atoms with Gasteiger partial charge in [0, 0.05) is 38.2 Å². The number of carbonyl (C=O) groups is 3. The Morgan fingerprint density at radius 1 is 0.510 bits per heavy atom. The first-order valence-electron chi connectivity index (χ1n) is 20.6. The third-order valence-corrected chi connectivity index (χ3v) is 9.99. The number of unbranched alkanes of at least 4 members (excludes halogenated alkanes) is 20. The third kappa shape index (κ3) is 40.9. The maximum Gasteiger partial charge on any atom is 0.232 e. The normalized spacial score (nSPS) is 11.4. The number of thioether (sulfide) groups is 1. The summed E-state index contributed by atoms with van der Waals surface area (Å²) in [6, 6.07) is 0. The van der Waals surface area contributed by atoms with Gasteiger partial charge < -0.3 is 14.6 Å². The van der Waals surface area contributed by atoms with E-state index in [1.165, 1.54) is 122 Å². The molecule has 0 rings (SSSR count). The molecule has 0 aliphatic carbocycles. The molecule has 0 aromatic heterocycles. The summed E-state index contributed by atoms with van der Waals surface area (Å²) in [7, 11) is 4.17. The van der Waals surface area contributed by atoms with Crippen molar-refractivity contribution in [3.05, 3.63) is 24.3 Å². The van der Waals surface area contributed by atoms with Crippen molar-refractivity contribution in [2.45, 2.75) is 187 Å². The highest BCUT2D eigenvalue weighted by Crippen LogP contribution is 2.13. The van der Waals surface area contributed by atoms with Crippen molar-refractivity contribution in [3.8, 4) is 0 Å². The van der Waals surface area contributed by atoms with Crippen molar-refractivity contribution < 1.29 is 14.4 Å². The predicted molar refractivity (Wildman–Crippen MR) is 219 cm³/mol. The van der Waals surface area contributed by atoms with Crippen molar-refractivity contribution in [2.75, 3.05) is 45.2 Å². The van der Waals surface area contributed by atoms with E-state index in [0.717, 1.165) is 63.9 Å². The number of carbonyl (C=O) groups excluding carboxylic acids is 3. The molecule has 5 nitrogen and oxygen atoms in total. The van der Waals surface area contributed by atoms with Gasteiger partial charge in [-0.1, -0.05) is 134 Å². The van der Waals surface area contributed by atoms with Crippen molar-refractivity contribution in [1.29, 1.82) is 0 Å². The van der Waals surface area contributed by atoms with E-state index in [4.69, 9.17) is 4.79 Å². The average molecular weight is 707 g/mol. The van der Waals surface area contributed by atoms with Crippen LogP contribution in [0.5, 0.6) is 0 Å². The molecule has 0 aliphatic rings. The van der Waals surface area contributed by atoms with Gasteiger partial charge in [-0.3, -0.25) is 9.59 Å². The van der Waals surface area contributed by atoms with Crippen LogP contribution in [0.2, 0.25) is 0 Å². The summed E-state index contributed by atoms with van der Waals surface area (Å²) in [6.45, 7) is 9.28. The van der Waals surface area contributed by atoms with Gasteiger partial charge in [-0.15, -0.1) is 0 Å². The standard InChI is InChI=1S/C42H80N2O2S.CH2O/c1-5-7-9-11-13-15-17-18-19-20-21-22-24-26-28-32-36-44(42(46)40-47-39-38-43(3)4)37-33-29-31-35-41(45)34-30-27-25-23-16-14-12-10-8-6-2;1-2/h18-19,25,27H,5-17,20-24,26,28-40H2,1-4H3;1H2/b19-18-,27-25+;. The lowest BCUT2D eigenvalue weighted by molar-refractivity contribution is -0.128. The van der Waals surface area contributed by atoms with Crippen molar-refractivity contribution >= 4 is 30.2 Å². The SMILES string of the molecule is C=O.CCCCCCCC/C=C\CCCCCCCCN(CCCCCC(=O)CC/C=C/CCCCCCCC)C(=O)CSCCN(C)C. The van der Waals surface area contributed by atoms with Gasteiger partial charge >= 0.3 is 0 Å². The van der Waals surface area contributed by atoms with Gasteiger partial charge in [0.25, 0.3) is 0 Å². The lowest BCUT2D eigenvalue weighted by Crippen LogP contribution is -2.34. The lowest BCUT2D eigenvalue weighted by Gasteiger charge is -2.23. The molecule has 0 bridgehead atoms. The quantitative estimate of drug-likeness (QED) is 0.0475. The summed E-state index contributed by atoms with van der Waals surface area (Å²) < 4.78 is 0. The van der Waals surface area contributed by atoms with Gasteiger partial charge in [0.15, 0.2) is 0 Å². The van der Waals surface area contributed by atoms with Crippen molar-refractivity contribution in [2.24, 2.45) is 0 Å². The van der Waals surface area contributed by atoms with Crippen LogP contribution in [0.25, 0.3) is 0 Å². The van der Waals surface area contributed by atoms with E-state index < -0.39 is 0 Å². The molecule has 0 radical (unpaired) electrons. The van der Waals surface area contributed by atoms with Crippen molar-refractivity contribution in [1.82, 2.24) is 9.80 Å². The highest BCUT2D eigenvalue weighted by Gasteiger charge is 2.13. The number of rotatable bonds is 37. The number of allylic oxidation sites excluding steroid dienone is 4. The lowest BCUT2D eigenvalue weighted by atomic mass is 10.1. The van der Waals surface area contributed by atoms with E-state index >= 15 is 0 Å². The molecule has 288 valence electrons. The van der Waals surface area contributed by atoms with E-state index in [1.54, 1.807) is 11.8 Å². The van der Waals surface area contributed by atoms with Crippen LogP contribution < -0.4 is 0 Å². The average Bonchev–Trinajstić information content (AvgIpc) is 3.10. The monoisotopic (exact) mass is 707 g/mol. The van der Waals surface area contributed by atoms with E-state index in [0.29, 0.717) is 30.3 Å². The predicted octanol–water partition coefficient (Wildman–Crippen LogP) is 12.2. The number of ketones is 1. The maximum atomic E-state index is 13.0. The minimum atomic E-state index is 0.297. The van der Waals surface area contributed by atoms with Crippen LogP contribution in [0, 0.1) is 0 Å². The molecule has 0 atom stereocenters. The Morgan fingerprint density at radius 3 is 1.39 bits per heavy atom. The van der Waals surface area contributed by atoms with Crippen LogP contribution in [0.4, 0.5) is 0 Å². The summed E-state index contributed by atoms with van der Waals surface area (Å²) in [6.07, 6.45) is 42.0. The van der Waals surface area contributed by atoms with Crippen molar-refractivity contribution in [3.63, 3.8) is 0 Å². The van der Waals surface area contributed by atoms with E-state index in [2.05, 4.69) is 62.0 Å². The third-order valence-electron chi connectivity index (χ3n) is 9.07. The van der Waals surface area contributed by atoms with Crippen LogP contribution in [0.15, 0.2) is 24.3 Å².